The second-order valence-electron chi connectivity index (χ2n) is 4.13. The predicted molar refractivity (Wildman–Crippen MR) is 69.5 cm³/mol. The van der Waals surface area contributed by atoms with Gasteiger partial charge in [-0.3, -0.25) is 0 Å². The normalized spacial score (nSPS) is 13.0. The number of nitrogens with two attached hydrogens (primary N) is 2. The van der Waals surface area contributed by atoms with Crippen LogP contribution in [-0.2, 0) is 6.42 Å². The van der Waals surface area contributed by atoms with Gasteiger partial charge in [-0.2, -0.15) is 0 Å². The van der Waals surface area contributed by atoms with Gasteiger partial charge >= 0.3 is 0 Å². The summed E-state index contributed by atoms with van der Waals surface area (Å²) < 4.78 is 0. The molecule has 16 heavy (non-hydrogen) atoms. The van der Waals surface area contributed by atoms with E-state index in [-0.39, 0.29) is 0 Å². The van der Waals surface area contributed by atoms with E-state index in [4.69, 9.17) is 11.5 Å². The Morgan fingerprint density at radius 1 is 0.812 bits per heavy atom. The molecule has 78 valence electrons. The van der Waals surface area contributed by atoms with Crippen LogP contribution in [0.4, 0.5) is 11.4 Å². The molecule has 4 N–H and O–H groups in total. The number of hydrogen-bond acceptors (Lipinski definition) is 2. The maximum Gasteiger partial charge on any atom is 0.122 e. The van der Waals surface area contributed by atoms with Crippen molar-refractivity contribution < 1.29 is 0 Å². The molecule has 1 heterocycles. The van der Waals surface area contributed by atoms with E-state index in [1.165, 1.54) is 21.5 Å². The van der Waals surface area contributed by atoms with Crippen molar-refractivity contribution in [3.63, 3.8) is 0 Å². The van der Waals surface area contributed by atoms with E-state index in [2.05, 4.69) is 24.3 Å². The zero-order chi connectivity index (χ0) is 11.1. The smallest absolute Gasteiger partial charge is 0.122 e. The first-order valence-electron chi connectivity index (χ1n) is 5.26. The fourth-order valence-corrected chi connectivity index (χ4v) is 3.51. The molecule has 2 nitrogen and oxygen atoms in total. The van der Waals surface area contributed by atoms with E-state index in [1.54, 1.807) is 0 Å². The van der Waals surface area contributed by atoms with Gasteiger partial charge in [0.25, 0.3) is 0 Å². The molecule has 2 aromatic carbocycles. The Hall–Kier alpha value is -1.74. The van der Waals surface area contributed by atoms with Gasteiger partial charge in [-0.25, -0.2) is 0 Å². The third kappa shape index (κ3) is 1.49. The molecule has 2 aromatic rings. The van der Waals surface area contributed by atoms with Crippen LogP contribution in [0.5, 0.6) is 0 Å². The fraction of sp³-hybridized carbons (Fsp3) is 0.0769. The van der Waals surface area contributed by atoms with Crippen molar-refractivity contribution in [1.29, 1.82) is 0 Å². The molecule has 0 saturated heterocycles. The Balaban J connectivity index is 2.10. The Kier molecular flexibility index (Phi) is 2.01. The highest BCUT2D eigenvalue weighted by Crippen LogP contribution is 2.14. The van der Waals surface area contributed by atoms with E-state index < -0.39 is 0 Å². The first kappa shape index (κ1) is 9.48. The van der Waals surface area contributed by atoms with Gasteiger partial charge < -0.3 is 11.5 Å². The van der Waals surface area contributed by atoms with Gasteiger partial charge in [0.1, 0.15) is 9.52 Å². The van der Waals surface area contributed by atoms with Crippen LogP contribution in [0, 0.1) is 0 Å². The van der Waals surface area contributed by atoms with E-state index in [1.807, 2.05) is 12.1 Å². The minimum absolute atomic E-state index is 0.677. The van der Waals surface area contributed by atoms with Gasteiger partial charge in [0, 0.05) is 11.4 Å². The lowest BCUT2D eigenvalue weighted by molar-refractivity contribution is 1.21. The zero-order valence-electron chi connectivity index (χ0n) is 8.83. The molecule has 3 rings (SSSR count). The highest BCUT2D eigenvalue weighted by molar-refractivity contribution is 6.69. The largest absolute Gasteiger partial charge is 0.399 e. The molecule has 0 spiro atoms. The van der Waals surface area contributed by atoms with Crippen molar-refractivity contribution in [3.05, 3.63) is 47.5 Å². The third-order valence-electron chi connectivity index (χ3n) is 2.92. The van der Waals surface area contributed by atoms with Crippen molar-refractivity contribution >= 4 is 31.3 Å². The molecule has 0 atom stereocenters. The lowest BCUT2D eigenvalue weighted by atomic mass is 10.0. The van der Waals surface area contributed by atoms with E-state index in [9.17, 15) is 0 Å². The van der Waals surface area contributed by atoms with Crippen molar-refractivity contribution in [3.8, 4) is 0 Å². The first-order valence-corrected chi connectivity index (χ1v) is 6.26. The summed E-state index contributed by atoms with van der Waals surface area (Å²) in [5.74, 6) is 0. The molecular weight excluding hydrogens is 212 g/mol. The third-order valence-corrected chi connectivity index (χ3v) is 4.39. The van der Waals surface area contributed by atoms with Crippen molar-refractivity contribution in [1.82, 2.24) is 0 Å². The second kappa shape index (κ2) is 3.38. The van der Waals surface area contributed by atoms with Crippen LogP contribution in [0.15, 0.2) is 36.4 Å². The summed E-state index contributed by atoms with van der Waals surface area (Å²) in [5, 5.41) is 2.72. The van der Waals surface area contributed by atoms with Crippen LogP contribution >= 0.6 is 0 Å². The highest BCUT2D eigenvalue weighted by Gasteiger charge is 2.16. The van der Waals surface area contributed by atoms with Crippen LogP contribution in [0.3, 0.4) is 0 Å². The van der Waals surface area contributed by atoms with Gasteiger partial charge in [-0.15, -0.1) is 0 Å². The number of anilines is 2. The van der Waals surface area contributed by atoms with Gasteiger partial charge in [0.15, 0.2) is 0 Å². The minimum Gasteiger partial charge on any atom is -0.399 e. The SMILES string of the molecule is Nc1ccc2c(c1)[Si]c1cc(N)ccc1C2. The van der Waals surface area contributed by atoms with Crippen LogP contribution in [0.25, 0.3) is 0 Å². The van der Waals surface area contributed by atoms with E-state index in [0.29, 0.717) is 9.52 Å². The Bertz CT molecular complexity index is 514. The van der Waals surface area contributed by atoms with Crippen LogP contribution in [0.1, 0.15) is 11.1 Å². The van der Waals surface area contributed by atoms with Crippen LogP contribution in [0.2, 0.25) is 0 Å². The Morgan fingerprint density at radius 2 is 1.31 bits per heavy atom. The van der Waals surface area contributed by atoms with Crippen LogP contribution in [-0.4, -0.2) is 9.52 Å². The standard InChI is InChI=1S/C13H12N2Si/c14-10-3-1-8-5-9-2-4-11(15)7-13(9)16-12(8)6-10/h1-4,6-7H,5,14-15H2. The topological polar surface area (TPSA) is 52.0 Å². The summed E-state index contributed by atoms with van der Waals surface area (Å²) in [6.45, 7) is 0. The zero-order valence-corrected chi connectivity index (χ0v) is 9.83. The summed E-state index contributed by atoms with van der Waals surface area (Å²) in [6, 6.07) is 12.4. The summed E-state index contributed by atoms with van der Waals surface area (Å²) in [6.07, 6.45) is 0.998. The minimum atomic E-state index is 0.677. The molecule has 0 bridgehead atoms. The van der Waals surface area contributed by atoms with Crippen molar-refractivity contribution in [2.24, 2.45) is 0 Å². The number of hydrogen-bond donors (Lipinski definition) is 2. The average Bonchev–Trinajstić information content (AvgIpc) is 2.26. The fourth-order valence-electron chi connectivity index (χ4n) is 2.08. The summed E-state index contributed by atoms with van der Waals surface area (Å²) in [4.78, 5) is 0. The number of benzene rings is 2. The highest BCUT2D eigenvalue weighted by atomic mass is 28.2. The van der Waals surface area contributed by atoms with E-state index >= 15 is 0 Å². The Labute approximate surface area is 97.1 Å². The Morgan fingerprint density at radius 3 is 1.81 bits per heavy atom. The van der Waals surface area contributed by atoms with Crippen LogP contribution < -0.4 is 21.8 Å². The molecule has 0 saturated carbocycles. The quantitative estimate of drug-likeness (QED) is 0.429. The molecule has 0 aromatic heterocycles. The van der Waals surface area contributed by atoms with Gasteiger partial charge in [-0.05, 0) is 41.8 Å². The first-order chi connectivity index (χ1) is 7.72. The molecule has 3 heteroatoms. The number of rotatable bonds is 0. The van der Waals surface area contributed by atoms with Gasteiger partial charge in [0.2, 0.25) is 0 Å². The summed E-state index contributed by atoms with van der Waals surface area (Å²) in [7, 11) is 0.677. The number of nitrogen functional groups attached to an aromatic ring is 2. The molecule has 1 aliphatic rings. The molecule has 2 radical (unpaired) electrons. The molecule has 0 unspecified atom stereocenters. The van der Waals surface area contributed by atoms with Gasteiger partial charge in [-0.1, -0.05) is 22.5 Å². The van der Waals surface area contributed by atoms with E-state index in [0.717, 1.165) is 17.8 Å². The molecule has 0 amide bonds. The molecule has 1 aliphatic heterocycles. The lowest BCUT2D eigenvalue weighted by Gasteiger charge is -2.19. The van der Waals surface area contributed by atoms with Gasteiger partial charge in [0.05, 0.1) is 0 Å². The summed E-state index contributed by atoms with van der Waals surface area (Å²) >= 11 is 0. The monoisotopic (exact) mass is 224 g/mol. The van der Waals surface area contributed by atoms with Crippen molar-refractivity contribution in [2.75, 3.05) is 11.5 Å². The maximum atomic E-state index is 5.81. The number of fused-ring (bicyclic) bond motifs is 2. The predicted octanol–water partition coefficient (Wildman–Crippen LogP) is 0.410. The second-order valence-corrected chi connectivity index (χ2v) is 5.46. The summed E-state index contributed by atoms with van der Waals surface area (Å²) in [5.41, 5.74) is 16.1. The molecule has 0 fully saturated rings. The maximum absolute atomic E-state index is 5.81. The lowest BCUT2D eigenvalue weighted by Crippen LogP contribution is -2.37. The average molecular weight is 224 g/mol. The molecule has 0 aliphatic carbocycles. The van der Waals surface area contributed by atoms with Crippen molar-refractivity contribution in [2.45, 2.75) is 6.42 Å². The molecular formula is C13H12N2Si.